The summed E-state index contributed by atoms with van der Waals surface area (Å²) in [5.41, 5.74) is 0.486. The van der Waals surface area contributed by atoms with Gasteiger partial charge in [0.2, 0.25) is 5.76 Å². The first kappa shape index (κ1) is 13.8. The third-order valence-electron chi connectivity index (χ3n) is 2.46. The molecule has 2 rings (SSSR count). The second-order valence-electron chi connectivity index (χ2n) is 3.91. The van der Waals surface area contributed by atoms with Gasteiger partial charge in [0.15, 0.2) is 5.76 Å². The van der Waals surface area contributed by atoms with Gasteiger partial charge in [-0.2, -0.15) is 5.10 Å². The fraction of sp³-hybridized carbons (Fsp3) is 0.250. The van der Waals surface area contributed by atoms with Crippen molar-refractivity contribution in [2.24, 2.45) is 0 Å². The summed E-state index contributed by atoms with van der Waals surface area (Å²) in [6.45, 7) is 1.07. The van der Waals surface area contributed by atoms with Crippen molar-refractivity contribution in [1.82, 2.24) is 9.78 Å². The second-order valence-corrected chi connectivity index (χ2v) is 3.91. The van der Waals surface area contributed by atoms with Gasteiger partial charge in [-0.1, -0.05) is 0 Å². The number of furan rings is 1. The molecule has 8 nitrogen and oxygen atoms in total. The number of hydrogen-bond acceptors (Lipinski definition) is 5. The highest BCUT2D eigenvalue weighted by atomic mass is 16.5. The Kier molecular flexibility index (Phi) is 4.16. The molecule has 1 amide bonds. The molecule has 0 fully saturated rings. The molecule has 0 saturated carbocycles. The highest BCUT2D eigenvalue weighted by Gasteiger charge is 2.15. The van der Waals surface area contributed by atoms with Gasteiger partial charge in [0.05, 0.1) is 25.0 Å². The lowest BCUT2D eigenvalue weighted by molar-refractivity contribution is 0.0660. The summed E-state index contributed by atoms with van der Waals surface area (Å²) in [5, 5.41) is 15.3. The largest absolute Gasteiger partial charge is 0.475 e. The van der Waals surface area contributed by atoms with E-state index >= 15 is 0 Å². The van der Waals surface area contributed by atoms with Gasteiger partial charge in [-0.05, 0) is 12.1 Å². The molecule has 2 N–H and O–H groups in total. The lowest BCUT2D eigenvalue weighted by Gasteiger charge is -2.00. The number of hydrogen-bond donors (Lipinski definition) is 2. The predicted octanol–water partition coefficient (Wildman–Crippen LogP) is 1.07. The van der Waals surface area contributed by atoms with Crippen LogP contribution in [-0.2, 0) is 11.3 Å². The molecule has 0 unspecified atom stereocenters. The first-order chi connectivity index (χ1) is 9.60. The van der Waals surface area contributed by atoms with Crippen LogP contribution in [0.15, 0.2) is 28.9 Å². The zero-order valence-electron chi connectivity index (χ0n) is 10.7. The number of carbonyl (C=O) groups excluding carboxylic acids is 1. The van der Waals surface area contributed by atoms with Gasteiger partial charge >= 0.3 is 5.97 Å². The summed E-state index contributed by atoms with van der Waals surface area (Å²) in [5.74, 6) is -2.13. The summed E-state index contributed by atoms with van der Waals surface area (Å²) < 4.78 is 11.4. The molecular formula is C12H13N3O5. The summed E-state index contributed by atoms with van der Waals surface area (Å²) in [4.78, 5) is 22.5. The van der Waals surface area contributed by atoms with Crippen LogP contribution in [0.5, 0.6) is 0 Å². The molecule has 0 atom stereocenters. The van der Waals surface area contributed by atoms with E-state index in [0.717, 1.165) is 0 Å². The molecule has 0 aromatic carbocycles. The molecular weight excluding hydrogens is 266 g/mol. The van der Waals surface area contributed by atoms with Crippen LogP contribution < -0.4 is 5.32 Å². The molecule has 2 aromatic rings. The molecule has 0 aliphatic carbocycles. The number of nitrogens with zero attached hydrogens (tertiary/aromatic N) is 2. The van der Waals surface area contributed by atoms with Gasteiger partial charge in [-0.15, -0.1) is 0 Å². The van der Waals surface area contributed by atoms with Gasteiger partial charge < -0.3 is 19.6 Å². The van der Waals surface area contributed by atoms with Crippen molar-refractivity contribution in [3.05, 3.63) is 36.0 Å². The lowest BCUT2D eigenvalue weighted by atomic mass is 10.4. The Bertz CT molecular complexity index is 616. The fourth-order valence-corrected chi connectivity index (χ4v) is 1.50. The van der Waals surface area contributed by atoms with Crippen LogP contribution in [0.4, 0.5) is 5.69 Å². The number of aromatic nitrogens is 2. The van der Waals surface area contributed by atoms with Gasteiger partial charge in [-0.25, -0.2) is 4.79 Å². The van der Waals surface area contributed by atoms with Gasteiger partial charge in [-0.3, -0.25) is 9.48 Å². The van der Waals surface area contributed by atoms with E-state index < -0.39 is 11.9 Å². The quantitative estimate of drug-likeness (QED) is 0.819. The molecule has 0 saturated heterocycles. The van der Waals surface area contributed by atoms with Crippen LogP contribution in [0.2, 0.25) is 0 Å². The highest BCUT2D eigenvalue weighted by Crippen LogP contribution is 2.11. The smallest absolute Gasteiger partial charge is 0.371 e. The number of anilines is 1. The number of ether oxygens (including phenoxy) is 1. The van der Waals surface area contributed by atoms with Crippen molar-refractivity contribution in [3.8, 4) is 0 Å². The zero-order chi connectivity index (χ0) is 14.5. The van der Waals surface area contributed by atoms with Crippen LogP contribution in [0.1, 0.15) is 21.1 Å². The van der Waals surface area contributed by atoms with E-state index in [4.69, 9.17) is 14.3 Å². The Morgan fingerprint density at radius 2 is 2.20 bits per heavy atom. The molecule has 0 radical (unpaired) electrons. The third kappa shape index (κ3) is 3.23. The van der Waals surface area contributed by atoms with E-state index in [1.807, 2.05) is 0 Å². The molecule has 2 heterocycles. The molecule has 20 heavy (non-hydrogen) atoms. The first-order valence-corrected chi connectivity index (χ1v) is 5.76. The number of methoxy groups -OCH3 is 1. The molecule has 0 bridgehead atoms. The standard InChI is InChI=1S/C12H13N3O5/c1-19-5-4-15-7-8(6-13-15)14-11(16)9-2-3-10(20-9)12(17)18/h2-3,6-7H,4-5H2,1H3,(H,14,16)(H,17,18). The Morgan fingerprint density at radius 1 is 1.45 bits per heavy atom. The SMILES string of the molecule is COCCn1cc(NC(=O)c2ccc(C(=O)O)o2)cn1. The number of carboxylic acids is 1. The predicted molar refractivity (Wildman–Crippen MR) is 67.7 cm³/mol. The summed E-state index contributed by atoms with van der Waals surface area (Å²) in [6.07, 6.45) is 3.12. The fourth-order valence-electron chi connectivity index (χ4n) is 1.50. The van der Waals surface area contributed by atoms with Gasteiger partial charge in [0.1, 0.15) is 0 Å². The lowest BCUT2D eigenvalue weighted by Crippen LogP contribution is -2.10. The zero-order valence-corrected chi connectivity index (χ0v) is 10.7. The normalized spacial score (nSPS) is 10.4. The molecule has 106 valence electrons. The summed E-state index contributed by atoms with van der Waals surface area (Å²) >= 11 is 0. The van der Waals surface area contributed by atoms with Crippen LogP contribution in [0.3, 0.4) is 0 Å². The topological polar surface area (TPSA) is 107 Å². The molecule has 0 spiro atoms. The maximum atomic E-state index is 11.8. The number of aromatic carboxylic acids is 1. The Hall–Kier alpha value is -2.61. The van der Waals surface area contributed by atoms with Gasteiger partial charge in [0, 0.05) is 13.3 Å². The number of nitrogens with one attached hydrogen (secondary N) is 1. The van der Waals surface area contributed by atoms with Crippen LogP contribution in [0.25, 0.3) is 0 Å². The van der Waals surface area contributed by atoms with Crippen molar-refractivity contribution < 1.29 is 23.8 Å². The maximum absolute atomic E-state index is 11.8. The van der Waals surface area contributed by atoms with Crippen LogP contribution in [0, 0.1) is 0 Å². The van der Waals surface area contributed by atoms with Crippen molar-refractivity contribution in [2.75, 3.05) is 19.0 Å². The molecule has 0 aliphatic heterocycles. The Labute approximate surface area is 113 Å². The van der Waals surface area contributed by atoms with E-state index in [0.29, 0.717) is 18.8 Å². The monoisotopic (exact) mass is 279 g/mol. The van der Waals surface area contributed by atoms with E-state index in [-0.39, 0.29) is 11.5 Å². The van der Waals surface area contributed by atoms with Crippen molar-refractivity contribution in [1.29, 1.82) is 0 Å². The number of carbonyl (C=O) groups is 2. The minimum absolute atomic E-state index is 0.0768. The first-order valence-electron chi connectivity index (χ1n) is 5.76. The van der Waals surface area contributed by atoms with Crippen LogP contribution in [-0.4, -0.2) is 40.5 Å². The van der Waals surface area contributed by atoms with E-state index in [9.17, 15) is 9.59 Å². The second kappa shape index (κ2) is 6.02. The number of rotatable bonds is 6. The van der Waals surface area contributed by atoms with Gasteiger partial charge in [0.25, 0.3) is 5.91 Å². The van der Waals surface area contributed by atoms with Crippen molar-refractivity contribution in [2.45, 2.75) is 6.54 Å². The minimum Gasteiger partial charge on any atom is -0.475 e. The maximum Gasteiger partial charge on any atom is 0.371 e. The van der Waals surface area contributed by atoms with E-state index in [1.165, 1.54) is 18.3 Å². The van der Waals surface area contributed by atoms with Crippen molar-refractivity contribution in [3.63, 3.8) is 0 Å². The minimum atomic E-state index is -1.23. The highest BCUT2D eigenvalue weighted by molar-refractivity contribution is 6.02. The molecule has 2 aromatic heterocycles. The van der Waals surface area contributed by atoms with E-state index in [2.05, 4.69) is 10.4 Å². The summed E-state index contributed by atoms with van der Waals surface area (Å²) in [6, 6.07) is 2.52. The average Bonchev–Trinajstić information content (AvgIpc) is 3.05. The molecule has 0 aliphatic rings. The number of carboxylic acid groups (broad SMARTS) is 1. The summed E-state index contributed by atoms with van der Waals surface area (Å²) in [7, 11) is 1.59. The Balaban J connectivity index is 1.99. The average molecular weight is 279 g/mol. The third-order valence-corrected chi connectivity index (χ3v) is 2.46. The molecule has 8 heteroatoms. The number of amides is 1. The Morgan fingerprint density at radius 3 is 2.85 bits per heavy atom. The van der Waals surface area contributed by atoms with Crippen molar-refractivity contribution >= 4 is 17.6 Å². The van der Waals surface area contributed by atoms with Crippen LogP contribution >= 0.6 is 0 Å². The van der Waals surface area contributed by atoms with E-state index in [1.54, 1.807) is 18.0 Å².